The van der Waals surface area contributed by atoms with Crippen LogP contribution in [0, 0.1) is 0 Å². The summed E-state index contributed by atoms with van der Waals surface area (Å²) in [4.78, 5) is 12.5. The summed E-state index contributed by atoms with van der Waals surface area (Å²) in [6.45, 7) is 0.329. The summed E-state index contributed by atoms with van der Waals surface area (Å²) in [5, 5.41) is 1.55. The summed E-state index contributed by atoms with van der Waals surface area (Å²) in [5.74, 6) is 1.27. The Morgan fingerprint density at radius 2 is 1.80 bits per heavy atom. The van der Waals surface area contributed by atoms with Crippen LogP contribution in [0.5, 0.6) is 11.5 Å². The second-order valence-electron chi connectivity index (χ2n) is 6.64. The van der Waals surface area contributed by atoms with Crippen molar-refractivity contribution < 1.29 is 18.7 Å². The molecule has 0 aliphatic carbocycles. The van der Waals surface area contributed by atoms with E-state index in [1.807, 2.05) is 60.7 Å². The highest BCUT2D eigenvalue weighted by atomic mass is 35.5. The van der Waals surface area contributed by atoms with E-state index in [4.69, 9.17) is 25.5 Å². The predicted molar refractivity (Wildman–Crippen MR) is 118 cm³/mol. The molecule has 0 saturated carbocycles. The number of ketones is 1. The van der Waals surface area contributed by atoms with E-state index < -0.39 is 0 Å². The number of hydrogen-bond donors (Lipinski definition) is 0. The topological polar surface area (TPSA) is 48.7 Å². The minimum atomic E-state index is -0.204. The number of hydrogen-bond acceptors (Lipinski definition) is 4. The van der Waals surface area contributed by atoms with Crippen molar-refractivity contribution in [2.45, 2.75) is 6.61 Å². The number of allylic oxidation sites excluding steroid dienone is 1. The molecule has 0 amide bonds. The SMILES string of the molecule is COc1cc(/C=C/C(=O)c2cc3ccccc3o2)ccc1OCc1ccccc1Cl. The number of methoxy groups -OCH3 is 1. The second kappa shape index (κ2) is 8.89. The minimum absolute atomic E-state index is 0.204. The van der Waals surface area contributed by atoms with Crippen LogP contribution in [0.3, 0.4) is 0 Å². The van der Waals surface area contributed by atoms with Crippen LogP contribution in [0.4, 0.5) is 0 Å². The van der Waals surface area contributed by atoms with Crippen molar-refractivity contribution in [3.8, 4) is 11.5 Å². The summed E-state index contributed by atoms with van der Waals surface area (Å²) in [7, 11) is 1.57. The van der Waals surface area contributed by atoms with Gasteiger partial charge >= 0.3 is 0 Å². The van der Waals surface area contributed by atoms with E-state index in [0.717, 1.165) is 16.5 Å². The monoisotopic (exact) mass is 418 g/mol. The maximum atomic E-state index is 12.5. The quantitative estimate of drug-likeness (QED) is 0.251. The Hall–Kier alpha value is -3.50. The molecule has 1 aromatic heterocycles. The lowest BCUT2D eigenvalue weighted by Crippen LogP contribution is -1.98. The standard InChI is InChI=1S/C25H19ClO4/c1-28-25-14-17(11-13-23(25)29-16-19-7-2-4-8-20(19)26)10-12-21(27)24-15-18-6-3-5-9-22(18)30-24/h2-15H,16H2,1H3/b12-10+. The van der Waals surface area contributed by atoms with Crippen molar-refractivity contribution in [2.75, 3.05) is 7.11 Å². The van der Waals surface area contributed by atoms with Gasteiger partial charge in [0.2, 0.25) is 5.78 Å². The first-order chi connectivity index (χ1) is 14.6. The zero-order valence-corrected chi connectivity index (χ0v) is 17.1. The minimum Gasteiger partial charge on any atom is -0.493 e. The molecule has 0 fully saturated rings. The highest BCUT2D eigenvalue weighted by molar-refractivity contribution is 6.31. The van der Waals surface area contributed by atoms with Gasteiger partial charge in [0.25, 0.3) is 0 Å². The summed E-state index contributed by atoms with van der Waals surface area (Å²) in [6, 6.07) is 22.3. The molecule has 0 unspecified atom stereocenters. The van der Waals surface area contributed by atoms with Gasteiger partial charge in [-0.2, -0.15) is 0 Å². The van der Waals surface area contributed by atoms with Crippen molar-refractivity contribution in [3.05, 3.63) is 101 Å². The second-order valence-corrected chi connectivity index (χ2v) is 7.04. The molecule has 0 bridgehead atoms. The lowest BCUT2D eigenvalue weighted by atomic mass is 10.1. The van der Waals surface area contributed by atoms with E-state index in [1.165, 1.54) is 6.08 Å². The van der Waals surface area contributed by atoms with E-state index in [1.54, 1.807) is 25.3 Å². The molecule has 4 rings (SSSR count). The van der Waals surface area contributed by atoms with Gasteiger partial charge in [0, 0.05) is 16.0 Å². The number of furan rings is 1. The summed E-state index contributed by atoms with van der Waals surface area (Å²) >= 11 is 6.18. The van der Waals surface area contributed by atoms with Crippen LogP contribution in [0.25, 0.3) is 17.0 Å². The van der Waals surface area contributed by atoms with Crippen LogP contribution in [0.1, 0.15) is 21.7 Å². The van der Waals surface area contributed by atoms with Crippen molar-refractivity contribution in [3.63, 3.8) is 0 Å². The molecule has 4 aromatic rings. The first kappa shape index (κ1) is 19.8. The number of carbonyl (C=O) groups excluding carboxylic acids is 1. The lowest BCUT2D eigenvalue weighted by Gasteiger charge is -2.12. The van der Waals surface area contributed by atoms with E-state index in [9.17, 15) is 4.79 Å². The smallest absolute Gasteiger partial charge is 0.221 e. The van der Waals surface area contributed by atoms with Gasteiger partial charge in [0.15, 0.2) is 17.3 Å². The van der Waals surface area contributed by atoms with E-state index in [2.05, 4.69) is 0 Å². The average molecular weight is 419 g/mol. The molecule has 0 atom stereocenters. The number of fused-ring (bicyclic) bond motifs is 1. The van der Waals surface area contributed by atoms with Gasteiger partial charge in [-0.15, -0.1) is 0 Å². The van der Waals surface area contributed by atoms with Gasteiger partial charge in [-0.3, -0.25) is 4.79 Å². The highest BCUT2D eigenvalue weighted by Crippen LogP contribution is 2.30. The Kier molecular flexibility index (Phi) is 5.87. The van der Waals surface area contributed by atoms with Gasteiger partial charge in [0.05, 0.1) is 7.11 Å². The molecule has 0 saturated heterocycles. The fraction of sp³-hybridized carbons (Fsp3) is 0.0800. The van der Waals surface area contributed by atoms with Crippen LogP contribution < -0.4 is 9.47 Å². The number of ether oxygens (including phenoxy) is 2. The Morgan fingerprint density at radius 3 is 2.60 bits per heavy atom. The maximum Gasteiger partial charge on any atom is 0.221 e. The molecular formula is C25H19ClO4. The first-order valence-electron chi connectivity index (χ1n) is 9.39. The van der Waals surface area contributed by atoms with Crippen LogP contribution in [-0.2, 0) is 6.61 Å². The third-order valence-corrected chi connectivity index (χ3v) is 4.99. The molecule has 5 heteroatoms. The molecule has 0 aliphatic rings. The Balaban J connectivity index is 1.48. The molecule has 30 heavy (non-hydrogen) atoms. The normalized spacial score (nSPS) is 11.1. The van der Waals surface area contributed by atoms with Crippen LogP contribution in [0.2, 0.25) is 5.02 Å². The van der Waals surface area contributed by atoms with E-state index >= 15 is 0 Å². The van der Waals surface area contributed by atoms with E-state index in [0.29, 0.717) is 34.5 Å². The Bertz CT molecular complexity index is 1190. The van der Waals surface area contributed by atoms with Crippen LogP contribution in [0.15, 0.2) is 83.3 Å². The summed E-state index contributed by atoms with van der Waals surface area (Å²) in [5.41, 5.74) is 2.39. The van der Waals surface area contributed by atoms with Crippen LogP contribution in [-0.4, -0.2) is 12.9 Å². The van der Waals surface area contributed by atoms with E-state index in [-0.39, 0.29) is 5.78 Å². The molecule has 0 N–H and O–H groups in total. The van der Waals surface area contributed by atoms with Crippen molar-refractivity contribution in [1.82, 2.24) is 0 Å². The molecule has 0 aliphatic heterocycles. The number of carbonyl (C=O) groups is 1. The molecule has 0 spiro atoms. The summed E-state index contributed by atoms with van der Waals surface area (Å²) < 4.78 is 16.9. The zero-order valence-electron chi connectivity index (χ0n) is 16.3. The molecule has 1 heterocycles. The fourth-order valence-electron chi connectivity index (χ4n) is 3.04. The molecule has 150 valence electrons. The van der Waals surface area contributed by atoms with Crippen molar-refractivity contribution >= 4 is 34.4 Å². The van der Waals surface area contributed by atoms with Gasteiger partial charge < -0.3 is 13.9 Å². The van der Waals surface area contributed by atoms with Gasteiger partial charge in [-0.1, -0.05) is 60.1 Å². The number of para-hydroxylation sites is 1. The molecule has 3 aromatic carbocycles. The third-order valence-electron chi connectivity index (χ3n) is 4.62. The van der Waals surface area contributed by atoms with Crippen molar-refractivity contribution in [1.29, 1.82) is 0 Å². The number of rotatable bonds is 7. The van der Waals surface area contributed by atoms with Crippen LogP contribution >= 0.6 is 11.6 Å². The van der Waals surface area contributed by atoms with Crippen molar-refractivity contribution in [2.24, 2.45) is 0 Å². The zero-order chi connectivity index (χ0) is 20.9. The largest absolute Gasteiger partial charge is 0.493 e. The Morgan fingerprint density at radius 1 is 1.00 bits per heavy atom. The Labute approximate surface area is 179 Å². The third kappa shape index (κ3) is 4.39. The lowest BCUT2D eigenvalue weighted by molar-refractivity contribution is 0.102. The fourth-order valence-corrected chi connectivity index (χ4v) is 3.23. The number of benzene rings is 3. The molecular weight excluding hydrogens is 400 g/mol. The van der Waals surface area contributed by atoms with Gasteiger partial charge in [-0.25, -0.2) is 0 Å². The molecule has 4 nitrogen and oxygen atoms in total. The first-order valence-corrected chi connectivity index (χ1v) is 9.77. The van der Waals surface area contributed by atoms with Gasteiger partial charge in [0.1, 0.15) is 12.2 Å². The molecule has 0 radical (unpaired) electrons. The summed E-state index contributed by atoms with van der Waals surface area (Å²) in [6.07, 6.45) is 3.20. The van der Waals surface area contributed by atoms with Gasteiger partial charge in [-0.05, 0) is 42.0 Å². The average Bonchev–Trinajstić information content (AvgIpc) is 3.21. The maximum absolute atomic E-state index is 12.5. The predicted octanol–water partition coefficient (Wildman–Crippen LogP) is 6.57. The number of halogens is 1. The highest BCUT2D eigenvalue weighted by Gasteiger charge is 2.10.